The summed E-state index contributed by atoms with van der Waals surface area (Å²) in [6, 6.07) is 0.532. The van der Waals surface area contributed by atoms with Crippen molar-refractivity contribution in [3.05, 3.63) is 6.33 Å². The molecule has 0 bridgehead atoms. The minimum atomic E-state index is 0.0892. The minimum absolute atomic E-state index is 0.0892. The Morgan fingerprint density at radius 1 is 1.63 bits per heavy atom. The number of carbonyl (C=O) groups excluding carboxylic acids is 1. The second-order valence-corrected chi connectivity index (χ2v) is 5.53. The zero-order chi connectivity index (χ0) is 13.7. The van der Waals surface area contributed by atoms with Gasteiger partial charge in [0.25, 0.3) is 0 Å². The molecule has 1 N–H and O–H groups in total. The van der Waals surface area contributed by atoms with Gasteiger partial charge in [-0.1, -0.05) is 11.8 Å². The number of thioether (sulfide) groups is 1. The Kier molecular flexibility index (Phi) is 5.21. The summed E-state index contributed by atoms with van der Waals surface area (Å²) in [5, 5.41) is 17.6. The molecule has 1 aliphatic rings. The number of nitrogens with zero attached hydrogens (tertiary/aromatic N) is 4. The van der Waals surface area contributed by atoms with Crippen molar-refractivity contribution < 1.29 is 9.90 Å². The number of rotatable bonds is 8. The molecule has 1 saturated carbocycles. The van der Waals surface area contributed by atoms with E-state index in [0.717, 1.165) is 5.16 Å². The molecule has 1 fully saturated rings. The van der Waals surface area contributed by atoms with Crippen LogP contribution in [0.1, 0.15) is 32.2 Å². The largest absolute Gasteiger partial charge is 0.396 e. The van der Waals surface area contributed by atoms with Gasteiger partial charge >= 0.3 is 0 Å². The Morgan fingerprint density at radius 3 is 3.05 bits per heavy atom. The topological polar surface area (TPSA) is 71.2 Å². The summed E-state index contributed by atoms with van der Waals surface area (Å²) in [6.45, 7) is 3.36. The first kappa shape index (κ1) is 14.3. The number of amides is 1. The summed E-state index contributed by atoms with van der Waals surface area (Å²) in [6.07, 6.45) is 4.73. The molecule has 1 aromatic rings. The molecule has 0 saturated heterocycles. The maximum Gasteiger partial charge on any atom is 0.233 e. The molecule has 0 aromatic carbocycles. The van der Waals surface area contributed by atoms with Crippen LogP contribution in [-0.4, -0.2) is 56.1 Å². The van der Waals surface area contributed by atoms with E-state index in [1.807, 2.05) is 6.92 Å². The first-order chi connectivity index (χ1) is 9.26. The lowest BCUT2D eigenvalue weighted by molar-refractivity contribution is -0.128. The van der Waals surface area contributed by atoms with Crippen LogP contribution < -0.4 is 0 Å². The van der Waals surface area contributed by atoms with Crippen LogP contribution in [0, 0.1) is 0 Å². The predicted molar refractivity (Wildman–Crippen MR) is 73.0 cm³/mol. The zero-order valence-electron chi connectivity index (χ0n) is 11.2. The molecule has 1 amide bonds. The standard InChI is InChI=1S/C12H20N4O2S/c1-2-15(6-3-7-17)11(18)8-19-12-14-13-9-16(12)10-4-5-10/h9-10,17H,2-8H2,1H3. The lowest BCUT2D eigenvalue weighted by Crippen LogP contribution is -2.33. The monoisotopic (exact) mass is 284 g/mol. The van der Waals surface area contributed by atoms with Gasteiger partial charge in [-0.25, -0.2) is 0 Å². The van der Waals surface area contributed by atoms with Crippen LogP contribution in [0.25, 0.3) is 0 Å². The van der Waals surface area contributed by atoms with E-state index in [1.54, 1.807) is 11.2 Å². The average molecular weight is 284 g/mol. The van der Waals surface area contributed by atoms with Crippen LogP contribution in [0.4, 0.5) is 0 Å². The van der Waals surface area contributed by atoms with Gasteiger partial charge in [-0.15, -0.1) is 10.2 Å². The van der Waals surface area contributed by atoms with Crippen LogP contribution in [0.5, 0.6) is 0 Å². The SMILES string of the molecule is CCN(CCCO)C(=O)CSc1nncn1C1CC1. The van der Waals surface area contributed by atoms with E-state index >= 15 is 0 Å². The normalized spacial score (nSPS) is 14.6. The lowest BCUT2D eigenvalue weighted by atomic mass is 10.4. The number of aromatic nitrogens is 3. The van der Waals surface area contributed by atoms with Crippen LogP contribution in [0.3, 0.4) is 0 Å². The molecule has 0 aliphatic heterocycles. The Morgan fingerprint density at radius 2 is 2.42 bits per heavy atom. The maximum absolute atomic E-state index is 12.0. The quantitative estimate of drug-likeness (QED) is 0.719. The van der Waals surface area contributed by atoms with Crippen molar-refractivity contribution in [2.75, 3.05) is 25.4 Å². The van der Waals surface area contributed by atoms with Gasteiger partial charge in [0.1, 0.15) is 6.33 Å². The van der Waals surface area contributed by atoms with Crippen molar-refractivity contribution in [3.8, 4) is 0 Å². The van der Waals surface area contributed by atoms with Gasteiger partial charge in [-0.3, -0.25) is 4.79 Å². The van der Waals surface area contributed by atoms with E-state index < -0.39 is 0 Å². The molecule has 0 unspecified atom stereocenters. The molecular weight excluding hydrogens is 264 g/mol. The molecule has 0 atom stereocenters. The molecule has 19 heavy (non-hydrogen) atoms. The van der Waals surface area contributed by atoms with Crippen molar-refractivity contribution in [1.29, 1.82) is 0 Å². The molecular formula is C12H20N4O2S. The highest BCUT2D eigenvalue weighted by Crippen LogP contribution is 2.37. The maximum atomic E-state index is 12.0. The van der Waals surface area contributed by atoms with Gasteiger partial charge in [0.05, 0.1) is 5.75 Å². The summed E-state index contributed by atoms with van der Waals surface area (Å²) < 4.78 is 2.06. The summed E-state index contributed by atoms with van der Waals surface area (Å²) in [7, 11) is 0. The predicted octanol–water partition coefficient (Wildman–Crippen LogP) is 0.936. The first-order valence-corrected chi connectivity index (χ1v) is 7.65. The van der Waals surface area contributed by atoms with Crippen LogP contribution in [-0.2, 0) is 4.79 Å². The molecule has 1 aromatic heterocycles. The van der Waals surface area contributed by atoms with Crippen molar-refractivity contribution in [1.82, 2.24) is 19.7 Å². The second kappa shape index (κ2) is 6.91. The van der Waals surface area contributed by atoms with Crippen LogP contribution in [0.15, 0.2) is 11.5 Å². The van der Waals surface area contributed by atoms with E-state index in [1.165, 1.54) is 24.6 Å². The van der Waals surface area contributed by atoms with Crippen molar-refractivity contribution in [3.63, 3.8) is 0 Å². The number of hydrogen-bond donors (Lipinski definition) is 1. The Bertz CT molecular complexity index is 420. The fourth-order valence-electron chi connectivity index (χ4n) is 1.88. The molecule has 1 aliphatic carbocycles. The summed E-state index contributed by atoms with van der Waals surface area (Å²) in [5.74, 6) is 0.469. The van der Waals surface area contributed by atoms with Gasteiger partial charge in [-0.05, 0) is 26.2 Å². The highest BCUT2D eigenvalue weighted by atomic mass is 32.2. The average Bonchev–Trinajstić information content (AvgIpc) is 3.16. The van der Waals surface area contributed by atoms with Gasteiger partial charge in [0.15, 0.2) is 5.16 Å². The van der Waals surface area contributed by atoms with Gasteiger partial charge in [-0.2, -0.15) is 0 Å². The molecule has 7 heteroatoms. The third-order valence-corrected chi connectivity index (χ3v) is 4.07. The highest BCUT2D eigenvalue weighted by Gasteiger charge is 2.26. The van der Waals surface area contributed by atoms with E-state index in [4.69, 9.17) is 5.11 Å². The van der Waals surface area contributed by atoms with Gasteiger partial charge in [0, 0.05) is 25.7 Å². The molecule has 2 rings (SSSR count). The number of aliphatic hydroxyl groups excluding tert-OH is 1. The fraction of sp³-hybridized carbons (Fsp3) is 0.750. The highest BCUT2D eigenvalue weighted by molar-refractivity contribution is 7.99. The van der Waals surface area contributed by atoms with Gasteiger partial charge in [0.2, 0.25) is 5.91 Å². The zero-order valence-corrected chi connectivity index (χ0v) is 12.0. The van der Waals surface area contributed by atoms with Crippen molar-refractivity contribution in [2.24, 2.45) is 0 Å². The third-order valence-electron chi connectivity index (χ3n) is 3.13. The van der Waals surface area contributed by atoms with E-state index in [9.17, 15) is 4.79 Å². The molecule has 0 spiro atoms. The summed E-state index contributed by atoms with van der Waals surface area (Å²) in [4.78, 5) is 13.8. The van der Waals surface area contributed by atoms with E-state index in [2.05, 4.69) is 14.8 Å². The molecule has 0 radical (unpaired) electrons. The van der Waals surface area contributed by atoms with Crippen molar-refractivity contribution in [2.45, 2.75) is 37.4 Å². The number of hydrogen-bond acceptors (Lipinski definition) is 5. The lowest BCUT2D eigenvalue weighted by Gasteiger charge is -2.20. The molecule has 106 valence electrons. The van der Waals surface area contributed by atoms with Gasteiger partial charge < -0.3 is 14.6 Å². The van der Waals surface area contributed by atoms with Crippen LogP contribution >= 0.6 is 11.8 Å². The summed E-state index contributed by atoms with van der Waals surface area (Å²) >= 11 is 1.44. The minimum Gasteiger partial charge on any atom is -0.396 e. The van der Waals surface area contributed by atoms with Crippen molar-refractivity contribution >= 4 is 17.7 Å². The third kappa shape index (κ3) is 3.94. The molecule has 1 heterocycles. The summed E-state index contributed by atoms with van der Waals surface area (Å²) in [5.41, 5.74) is 0. The van der Waals surface area contributed by atoms with Crippen LogP contribution in [0.2, 0.25) is 0 Å². The number of carbonyl (C=O) groups is 1. The van der Waals surface area contributed by atoms with E-state index in [-0.39, 0.29) is 12.5 Å². The fourth-order valence-corrected chi connectivity index (χ4v) is 2.76. The Balaban J connectivity index is 1.83. The second-order valence-electron chi connectivity index (χ2n) is 4.59. The Labute approximate surface area is 117 Å². The Hall–Kier alpha value is -1.08. The molecule has 6 nitrogen and oxygen atoms in total. The van der Waals surface area contributed by atoms with E-state index in [0.29, 0.717) is 31.3 Å². The smallest absolute Gasteiger partial charge is 0.233 e. The number of aliphatic hydroxyl groups is 1. The first-order valence-electron chi connectivity index (χ1n) is 6.67.